The summed E-state index contributed by atoms with van der Waals surface area (Å²) in [6.45, 7) is 2.09. The molecule has 1 fully saturated rings. The van der Waals surface area contributed by atoms with Gasteiger partial charge in [-0.25, -0.2) is 0 Å². The van der Waals surface area contributed by atoms with Gasteiger partial charge in [-0.15, -0.1) is 0 Å². The summed E-state index contributed by atoms with van der Waals surface area (Å²) in [4.78, 5) is 0. The van der Waals surface area contributed by atoms with Crippen LogP contribution in [0.1, 0.15) is 36.6 Å². The van der Waals surface area contributed by atoms with Crippen molar-refractivity contribution in [3.63, 3.8) is 0 Å². The first kappa shape index (κ1) is 16.8. The third kappa shape index (κ3) is 3.40. The van der Waals surface area contributed by atoms with Gasteiger partial charge in [0.2, 0.25) is 0 Å². The zero-order valence-corrected chi connectivity index (χ0v) is 14.4. The Bertz CT molecular complexity index is 654. The van der Waals surface area contributed by atoms with Crippen molar-refractivity contribution in [3.8, 4) is 11.5 Å². The van der Waals surface area contributed by atoms with Crippen LogP contribution in [0.15, 0.2) is 48.5 Å². The van der Waals surface area contributed by atoms with E-state index < -0.39 is 0 Å². The molecule has 1 heterocycles. The molecule has 0 bridgehead atoms. The van der Waals surface area contributed by atoms with Gasteiger partial charge in [0.1, 0.15) is 11.5 Å². The van der Waals surface area contributed by atoms with Gasteiger partial charge in [0.05, 0.1) is 20.3 Å². The predicted molar refractivity (Wildman–Crippen MR) is 94.4 cm³/mol. The van der Waals surface area contributed by atoms with Crippen molar-refractivity contribution in [1.29, 1.82) is 0 Å². The molecule has 4 unspecified atom stereocenters. The van der Waals surface area contributed by atoms with Gasteiger partial charge >= 0.3 is 0 Å². The molecule has 0 spiro atoms. The van der Waals surface area contributed by atoms with Crippen LogP contribution in [0.2, 0.25) is 0 Å². The summed E-state index contributed by atoms with van der Waals surface area (Å²) >= 11 is 0. The smallest absolute Gasteiger partial charge is 0.118 e. The van der Waals surface area contributed by atoms with Gasteiger partial charge in [-0.05, 0) is 41.8 Å². The molecule has 3 rings (SSSR count). The van der Waals surface area contributed by atoms with Gasteiger partial charge in [0.25, 0.3) is 0 Å². The fourth-order valence-corrected chi connectivity index (χ4v) is 3.39. The lowest BCUT2D eigenvalue weighted by atomic mass is 9.81. The molecular weight excluding hydrogens is 302 g/mol. The van der Waals surface area contributed by atoms with Crippen LogP contribution in [-0.4, -0.2) is 25.4 Å². The van der Waals surface area contributed by atoms with E-state index in [2.05, 4.69) is 36.5 Å². The summed E-state index contributed by atoms with van der Waals surface area (Å²) in [5, 5.41) is 14.3. The van der Waals surface area contributed by atoms with Crippen molar-refractivity contribution in [3.05, 3.63) is 59.7 Å². The molecule has 4 heteroatoms. The van der Waals surface area contributed by atoms with Gasteiger partial charge < -0.3 is 19.9 Å². The van der Waals surface area contributed by atoms with E-state index in [4.69, 9.17) is 9.47 Å². The highest BCUT2D eigenvalue weighted by atomic mass is 16.5. The van der Waals surface area contributed by atoms with Crippen molar-refractivity contribution in [2.75, 3.05) is 14.2 Å². The van der Waals surface area contributed by atoms with Crippen LogP contribution in [0, 0.1) is 5.92 Å². The van der Waals surface area contributed by atoms with Crippen LogP contribution in [0.25, 0.3) is 0 Å². The fraction of sp³-hybridized carbons (Fsp3) is 0.400. The largest absolute Gasteiger partial charge is 0.497 e. The topological polar surface area (TPSA) is 50.7 Å². The first-order valence-electron chi connectivity index (χ1n) is 8.34. The molecule has 2 aromatic rings. The van der Waals surface area contributed by atoms with Crippen molar-refractivity contribution < 1.29 is 14.6 Å². The number of benzene rings is 2. The molecule has 1 aliphatic heterocycles. The lowest BCUT2D eigenvalue weighted by Crippen LogP contribution is -2.43. The Labute approximate surface area is 143 Å². The number of aliphatic hydroxyl groups excluding tert-OH is 1. The van der Waals surface area contributed by atoms with Crippen molar-refractivity contribution in [2.45, 2.75) is 31.5 Å². The summed E-state index contributed by atoms with van der Waals surface area (Å²) in [5.74, 6) is 1.83. The van der Waals surface area contributed by atoms with Crippen molar-refractivity contribution in [2.24, 2.45) is 5.92 Å². The predicted octanol–water partition coefficient (Wildman–Crippen LogP) is 3.48. The average molecular weight is 327 g/mol. The van der Waals surface area contributed by atoms with Gasteiger partial charge in [0.15, 0.2) is 0 Å². The highest BCUT2D eigenvalue weighted by molar-refractivity contribution is 5.32. The van der Waals surface area contributed by atoms with Crippen LogP contribution < -0.4 is 14.8 Å². The second kappa shape index (κ2) is 7.24. The average Bonchev–Trinajstić information content (AvgIpc) is 2.64. The molecule has 1 aliphatic rings. The Morgan fingerprint density at radius 1 is 0.875 bits per heavy atom. The van der Waals surface area contributed by atoms with E-state index in [0.29, 0.717) is 6.42 Å². The van der Waals surface area contributed by atoms with Gasteiger partial charge in [-0.1, -0.05) is 31.2 Å². The minimum absolute atomic E-state index is 0.103. The SMILES string of the molecule is COc1ccc(C2CC(O)C(C)C(c3ccc(OC)cc3)N2)cc1. The normalized spacial score (nSPS) is 26.8. The highest BCUT2D eigenvalue weighted by Crippen LogP contribution is 2.37. The number of hydrogen-bond donors (Lipinski definition) is 2. The number of methoxy groups -OCH3 is 2. The minimum atomic E-state index is -0.342. The van der Waals surface area contributed by atoms with Crippen molar-refractivity contribution >= 4 is 0 Å². The first-order chi connectivity index (χ1) is 11.6. The Balaban J connectivity index is 1.82. The molecule has 0 aromatic heterocycles. The number of ether oxygens (including phenoxy) is 2. The summed E-state index contributed by atoms with van der Waals surface area (Å²) in [5.41, 5.74) is 2.33. The summed E-state index contributed by atoms with van der Waals surface area (Å²) in [7, 11) is 3.33. The van der Waals surface area contributed by atoms with Gasteiger partial charge in [-0.3, -0.25) is 0 Å². The maximum absolute atomic E-state index is 10.6. The third-order valence-electron chi connectivity index (χ3n) is 4.98. The first-order valence-corrected chi connectivity index (χ1v) is 8.34. The maximum atomic E-state index is 10.6. The molecule has 0 radical (unpaired) electrons. The lowest BCUT2D eigenvalue weighted by molar-refractivity contribution is 0.0402. The molecule has 4 atom stereocenters. The minimum Gasteiger partial charge on any atom is -0.497 e. The van der Waals surface area contributed by atoms with Gasteiger partial charge in [-0.2, -0.15) is 0 Å². The molecule has 0 saturated carbocycles. The van der Waals surface area contributed by atoms with E-state index in [1.54, 1.807) is 14.2 Å². The number of hydrogen-bond acceptors (Lipinski definition) is 4. The fourth-order valence-electron chi connectivity index (χ4n) is 3.39. The molecule has 0 amide bonds. The van der Waals surface area contributed by atoms with E-state index >= 15 is 0 Å². The quantitative estimate of drug-likeness (QED) is 0.903. The van der Waals surface area contributed by atoms with E-state index in [1.165, 1.54) is 11.1 Å². The molecule has 2 aromatic carbocycles. The maximum Gasteiger partial charge on any atom is 0.118 e. The molecule has 1 saturated heterocycles. The van der Waals surface area contributed by atoms with Crippen molar-refractivity contribution in [1.82, 2.24) is 5.32 Å². The summed E-state index contributed by atoms with van der Waals surface area (Å²) < 4.78 is 10.5. The number of nitrogens with one attached hydrogen (secondary N) is 1. The van der Waals surface area contributed by atoms with Crippen LogP contribution in [-0.2, 0) is 0 Å². The van der Waals surface area contributed by atoms with E-state index in [0.717, 1.165) is 11.5 Å². The number of piperidine rings is 1. The molecule has 24 heavy (non-hydrogen) atoms. The summed E-state index contributed by atoms with van der Waals surface area (Å²) in [6.07, 6.45) is 0.366. The monoisotopic (exact) mass is 327 g/mol. The molecule has 2 N–H and O–H groups in total. The standard InChI is InChI=1S/C20H25NO3/c1-13-19(22)12-18(14-4-8-16(23-2)9-5-14)21-20(13)15-6-10-17(24-3)11-7-15/h4-11,13,18-22H,12H2,1-3H3. The van der Waals surface area contributed by atoms with E-state index in [-0.39, 0.29) is 24.1 Å². The molecular formula is C20H25NO3. The lowest BCUT2D eigenvalue weighted by Gasteiger charge is -2.40. The Hall–Kier alpha value is -2.04. The Morgan fingerprint density at radius 3 is 1.88 bits per heavy atom. The molecule has 128 valence electrons. The second-order valence-electron chi connectivity index (χ2n) is 6.41. The number of rotatable bonds is 4. The summed E-state index contributed by atoms with van der Waals surface area (Å²) in [6, 6.07) is 16.3. The highest BCUT2D eigenvalue weighted by Gasteiger charge is 2.35. The van der Waals surface area contributed by atoms with Crippen LogP contribution in [0.3, 0.4) is 0 Å². The van der Waals surface area contributed by atoms with Crippen LogP contribution in [0.4, 0.5) is 0 Å². The van der Waals surface area contributed by atoms with Gasteiger partial charge in [0, 0.05) is 18.0 Å². The third-order valence-corrected chi connectivity index (χ3v) is 4.98. The molecule has 4 nitrogen and oxygen atoms in total. The second-order valence-corrected chi connectivity index (χ2v) is 6.41. The Morgan fingerprint density at radius 2 is 1.38 bits per heavy atom. The number of aliphatic hydroxyl groups is 1. The van der Waals surface area contributed by atoms with E-state index in [1.807, 2.05) is 24.3 Å². The van der Waals surface area contributed by atoms with E-state index in [9.17, 15) is 5.11 Å². The zero-order chi connectivity index (χ0) is 17.1. The zero-order valence-electron chi connectivity index (χ0n) is 14.4. The van der Waals surface area contributed by atoms with Crippen LogP contribution >= 0.6 is 0 Å². The Kier molecular flexibility index (Phi) is 5.07. The molecule has 0 aliphatic carbocycles. The van der Waals surface area contributed by atoms with Crippen LogP contribution in [0.5, 0.6) is 11.5 Å².